The molecule has 3 N–H and O–H groups in total. The van der Waals surface area contributed by atoms with Crippen molar-refractivity contribution < 1.29 is 0 Å². The molecule has 0 spiro atoms. The van der Waals surface area contributed by atoms with Gasteiger partial charge in [0.1, 0.15) is 6.33 Å². The second-order valence-corrected chi connectivity index (χ2v) is 2.26. The number of hydrogen-bond donors (Lipinski definition) is 2. The quantitative estimate of drug-likeness (QED) is 0.761. The molecule has 0 fully saturated rings. The van der Waals surface area contributed by atoms with Crippen LogP contribution in [0.1, 0.15) is 5.69 Å². The predicted octanol–water partition coefficient (Wildman–Crippen LogP) is 1.26. The Morgan fingerprint density at radius 1 is 1.31 bits per heavy atom. The molecule has 0 aliphatic carbocycles. The Labute approximate surface area is 87.8 Å². The SMILES string of the molecule is Cl.Cl.NCc1ncnc2cc[nH]c12. The molecule has 0 aromatic carbocycles. The van der Waals surface area contributed by atoms with Gasteiger partial charge in [-0.1, -0.05) is 0 Å². The van der Waals surface area contributed by atoms with Crippen molar-refractivity contribution in [3.8, 4) is 0 Å². The lowest BCUT2D eigenvalue weighted by molar-refractivity contribution is 0.985. The molecule has 0 bridgehead atoms. The minimum absolute atomic E-state index is 0. The van der Waals surface area contributed by atoms with E-state index < -0.39 is 0 Å². The van der Waals surface area contributed by atoms with Crippen molar-refractivity contribution >= 4 is 35.8 Å². The standard InChI is InChI=1S/C7H8N4.2ClH/c8-3-6-7-5(1-2-9-7)10-4-11-6;;/h1-2,4,9H,3,8H2;2*1H. The van der Waals surface area contributed by atoms with Crippen LogP contribution in [0.3, 0.4) is 0 Å². The van der Waals surface area contributed by atoms with Crippen LogP contribution in [0.4, 0.5) is 0 Å². The molecule has 72 valence electrons. The zero-order valence-corrected chi connectivity index (χ0v) is 8.36. The van der Waals surface area contributed by atoms with Gasteiger partial charge in [0.25, 0.3) is 0 Å². The number of H-pyrrole nitrogens is 1. The Bertz CT molecular complexity index is 373. The van der Waals surface area contributed by atoms with Crippen LogP contribution >= 0.6 is 24.8 Å². The number of aromatic nitrogens is 3. The Hall–Kier alpha value is -0.840. The summed E-state index contributed by atoms with van der Waals surface area (Å²) in [4.78, 5) is 11.1. The van der Waals surface area contributed by atoms with E-state index in [4.69, 9.17) is 5.73 Å². The number of halogens is 2. The van der Waals surface area contributed by atoms with Gasteiger partial charge in [-0.3, -0.25) is 0 Å². The van der Waals surface area contributed by atoms with Crippen LogP contribution in [-0.2, 0) is 6.54 Å². The highest BCUT2D eigenvalue weighted by Crippen LogP contribution is 2.10. The first-order valence-electron chi connectivity index (χ1n) is 3.39. The van der Waals surface area contributed by atoms with E-state index >= 15 is 0 Å². The second kappa shape index (κ2) is 5.01. The Morgan fingerprint density at radius 3 is 2.77 bits per heavy atom. The van der Waals surface area contributed by atoms with Crippen LogP contribution < -0.4 is 5.73 Å². The van der Waals surface area contributed by atoms with Crippen LogP contribution in [0.25, 0.3) is 11.0 Å². The van der Waals surface area contributed by atoms with Crippen LogP contribution in [0.5, 0.6) is 0 Å². The van der Waals surface area contributed by atoms with Gasteiger partial charge in [0, 0.05) is 12.7 Å². The van der Waals surface area contributed by atoms with Crippen LogP contribution in [-0.4, -0.2) is 15.0 Å². The molecule has 2 rings (SSSR count). The Kier molecular flexibility index (Phi) is 4.69. The van der Waals surface area contributed by atoms with Crippen LogP contribution in [0.15, 0.2) is 18.6 Å². The van der Waals surface area contributed by atoms with Gasteiger partial charge in [-0.2, -0.15) is 0 Å². The molecule has 0 saturated heterocycles. The zero-order valence-electron chi connectivity index (χ0n) is 6.73. The number of rotatable bonds is 1. The van der Waals surface area contributed by atoms with E-state index in [0.717, 1.165) is 16.7 Å². The smallest absolute Gasteiger partial charge is 0.116 e. The first kappa shape index (κ1) is 12.2. The number of aromatic amines is 1. The summed E-state index contributed by atoms with van der Waals surface area (Å²) in [5.41, 5.74) is 8.18. The fourth-order valence-electron chi connectivity index (χ4n) is 1.08. The summed E-state index contributed by atoms with van der Waals surface area (Å²) in [6.45, 7) is 0.444. The lowest BCUT2D eigenvalue weighted by Gasteiger charge is -1.95. The third-order valence-corrected chi connectivity index (χ3v) is 1.62. The van der Waals surface area contributed by atoms with Gasteiger partial charge in [0.2, 0.25) is 0 Å². The van der Waals surface area contributed by atoms with Crippen molar-refractivity contribution in [1.82, 2.24) is 15.0 Å². The summed E-state index contributed by atoms with van der Waals surface area (Å²) in [5, 5.41) is 0. The Balaban J connectivity index is 0.000000720. The largest absolute Gasteiger partial charge is 0.358 e. The third kappa shape index (κ3) is 2.09. The lowest BCUT2D eigenvalue weighted by atomic mass is 10.3. The topological polar surface area (TPSA) is 67.6 Å². The van der Waals surface area contributed by atoms with E-state index in [1.54, 1.807) is 0 Å². The minimum atomic E-state index is 0. The van der Waals surface area contributed by atoms with Crippen molar-refractivity contribution in [1.29, 1.82) is 0 Å². The Morgan fingerprint density at radius 2 is 2.08 bits per heavy atom. The number of nitrogens with zero attached hydrogens (tertiary/aromatic N) is 2. The monoisotopic (exact) mass is 220 g/mol. The molecular formula is C7H10Cl2N4. The number of fused-ring (bicyclic) bond motifs is 1. The molecule has 0 aliphatic heterocycles. The molecule has 2 aromatic heterocycles. The highest BCUT2D eigenvalue weighted by Gasteiger charge is 2.00. The van der Waals surface area contributed by atoms with Crippen molar-refractivity contribution in [2.45, 2.75) is 6.54 Å². The minimum Gasteiger partial charge on any atom is -0.358 e. The van der Waals surface area contributed by atoms with E-state index in [1.807, 2.05) is 12.3 Å². The first-order valence-corrected chi connectivity index (χ1v) is 3.39. The van der Waals surface area contributed by atoms with Gasteiger partial charge < -0.3 is 10.7 Å². The molecule has 0 aliphatic rings. The van der Waals surface area contributed by atoms with Gasteiger partial charge in [0.15, 0.2) is 0 Å². The molecule has 0 radical (unpaired) electrons. The summed E-state index contributed by atoms with van der Waals surface area (Å²) in [6.07, 6.45) is 3.36. The van der Waals surface area contributed by atoms with Crippen LogP contribution in [0.2, 0.25) is 0 Å². The van der Waals surface area contributed by atoms with E-state index in [9.17, 15) is 0 Å². The summed E-state index contributed by atoms with van der Waals surface area (Å²) in [5.74, 6) is 0. The summed E-state index contributed by atoms with van der Waals surface area (Å²) < 4.78 is 0. The fourth-order valence-corrected chi connectivity index (χ4v) is 1.08. The normalized spacial score (nSPS) is 9.00. The third-order valence-electron chi connectivity index (χ3n) is 1.62. The van der Waals surface area contributed by atoms with Gasteiger partial charge in [-0.15, -0.1) is 24.8 Å². The molecule has 2 heterocycles. The van der Waals surface area contributed by atoms with Gasteiger partial charge in [-0.25, -0.2) is 9.97 Å². The first-order chi connectivity index (χ1) is 5.42. The summed E-state index contributed by atoms with van der Waals surface area (Å²) >= 11 is 0. The van der Waals surface area contributed by atoms with Gasteiger partial charge in [0.05, 0.1) is 16.7 Å². The molecule has 0 amide bonds. The average molecular weight is 221 g/mol. The highest BCUT2D eigenvalue weighted by atomic mass is 35.5. The van der Waals surface area contributed by atoms with Gasteiger partial charge >= 0.3 is 0 Å². The van der Waals surface area contributed by atoms with E-state index in [0.29, 0.717) is 6.54 Å². The zero-order chi connectivity index (χ0) is 7.68. The van der Waals surface area contributed by atoms with Crippen molar-refractivity contribution in [2.75, 3.05) is 0 Å². The van der Waals surface area contributed by atoms with Crippen molar-refractivity contribution in [3.63, 3.8) is 0 Å². The molecule has 13 heavy (non-hydrogen) atoms. The van der Waals surface area contributed by atoms with Crippen LogP contribution in [0, 0.1) is 0 Å². The van der Waals surface area contributed by atoms with E-state index in [2.05, 4.69) is 15.0 Å². The molecule has 0 saturated carbocycles. The fraction of sp³-hybridized carbons (Fsp3) is 0.143. The molecule has 6 heteroatoms. The molecule has 4 nitrogen and oxygen atoms in total. The lowest BCUT2D eigenvalue weighted by Crippen LogP contribution is -2.00. The molecular weight excluding hydrogens is 211 g/mol. The van der Waals surface area contributed by atoms with Gasteiger partial charge in [-0.05, 0) is 6.07 Å². The molecule has 0 atom stereocenters. The number of hydrogen-bond acceptors (Lipinski definition) is 3. The number of nitrogens with two attached hydrogens (primary N) is 1. The molecule has 2 aromatic rings. The summed E-state index contributed by atoms with van der Waals surface area (Å²) in [6, 6.07) is 1.90. The maximum absolute atomic E-state index is 5.46. The van der Waals surface area contributed by atoms with E-state index in [-0.39, 0.29) is 24.8 Å². The van der Waals surface area contributed by atoms with Crippen molar-refractivity contribution in [3.05, 3.63) is 24.3 Å². The number of nitrogens with one attached hydrogen (secondary N) is 1. The van der Waals surface area contributed by atoms with E-state index in [1.165, 1.54) is 6.33 Å². The second-order valence-electron chi connectivity index (χ2n) is 2.26. The maximum atomic E-state index is 5.46. The predicted molar refractivity (Wildman–Crippen MR) is 56.3 cm³/mol. The summed E-state index contributed by atoms with van der Waals surface area (Å²) in [7, 11) is 0. The van der Waals surface area contributed by atoms with Crippen molar-refractivity contribution in [2.24, 2.45) is 5.73 Å². The highest BCUT2D eigenvalue weighted by molar-refractivity contribution is 5.85. The average Bonchev–Trinajstić information content (AvgIpc) is 2.50. The molecule has 0 unspecified atom stereocenters. The maximum Gasteiger partial charge on any atom is 0.116 e.